The molecule has 6 rings (SSSR count). The second kappa shape index (κ2) is 31.3. The molecule has 0 aromatic carbocycles. The van der Waals surface area contributed by atoms with Gasteiger partial charge in [-0.05, 0) is 26.2 Å². The fraction of sp³-hybridized carbons (Fsp3) is 0.881. The number of nitrogens with zero attached hydrogens (tertiary/aromatic N) is 1. The SMILES string of the molecule is CC(=O)NC1[C@@H](OCCOCCOCCCC(=O)CCCC[C@@H]2SC[C@@H]3NC(=O)N[C@@H]32)OC(CO)[C@@H](O)[C@@H]1O.CCN=C1NC2[C@H](OC(CO)[C@@H](O)[C@@H]2O)S1.O=C(CF)NC1C(O)OC(CO)[C@@H](O)[C@@H]1O. The van der Waals surface area contributed by atoms with Crippen LogP contribution in [0.1, 0.15) is 52.4 Å². The summed E-state index contributed by atoms with van der Waals surface area (Å²) in [7, 11) is 0. The zero-order chi connectivity index (χ0) is 52.2. The predicted octanol–water partition coefficient (Wildman–Crippen LogP) is -5.57. The zero-order valence-corrected chi connectivity index (χ0v) is 41.2. The molecule has 0 saturated carbocycles. The fourth-order valence-electron chi connectivity index (χ4n) is 8.29. The van der Waals surface area contributed by atoms with Crippen LogP contribution in [0.4, 0.5) is 9.18 Å². The summed E-state index contributed by atoms with van der Waals surface area (Å²) in [6.07, 6.45) is -8.77. The minimum atomic E-state index is -1.62. The molecule has 18 atom stereocenters. The molecule has 410 valence electrons. The van der Waals surface area contributed by atoms with E-state index in [-0.39, 0.29) is 55.2 Å². The molecule has 7 unspecified atom stereocenters. The largest absolute Gasteiger partial charge is 0.394 e. The van der Waals surface area contributed by atoms with E-state index in [9.17, 15) is 64.4 Å². The van der Waals surface area contributed by atoms with Gasteiger partial charge in [0.05, 0.1) is 64.4 Å². The zero-order valence-electron chi connectivity index (χ0n) is 39.6. The van der Waals surface area contributed by atoms with Crippen molar-refractivity contribution in [3.63, 3.8) is 0 Å². The highest BCUT2D eigenvalue weighted by molar-refractivity contribution is 8.14. The number of ketones is 1. The number of fused-ring (bicyclic) bond motifs is 2. The molecule has 0 radical (unpaired) electrons. The van der Waals surface area contributed by atoms with Crippen molar-refractivity contribution < 1.29 is 103 Å². The highest BCUT2D eigenvalue weighted by Crippen LogP contribution is 2.35. The highest BCUT2D eigenvalue weighted by Gasteiger charge is 2.49. The van der Waals surface area contributed by atoms with E-state index >= 15 is 0 Å². The van der Waals surface area contributed by atoms with Crippen LogP contribution in [0.2, 0.25) is 0 Å². The first kappa shape index (κ1) is 60.9. The number of halogens is 1. The molecule has 4 amide bonds. The average Bonchev–Trinajstić information content (AvgIpc) is 4.05. The van der Waals surface area contributed by atoms with Gasteiger partial charge >= 0.3 is 6.03 Å². The third-order valence-electron chi connectivity index (χ3n) is 12.1. The Morgan fingerprint density at radius 1 is 0.732 bits per heavy atom. The van der Waals surface area contributed by atoms with Crippen LogP contribution in [0.3, 0.4) is 0 Å². The first-order valence-electron chi connectivity index (χ1n) is 23.6. The van der Waals surface area contributed by atoms with Crippen molar-refractivity contribution in [3.8, 4) is 0 Å². The van der Waals surface area contributed by atoms with E-state index in [0.717, 1.165) is 25.0 Å². The maximum atomic E-state index is 12.1. The van der Waals surface area contributed by atoms with E-state index in [4.69, 9.17) is 38.6 Å². The van der Waals surface area contributed by atoms with E-state index in [1.54, 1.807) is 0 Å². The highest BCUT2D eigenvalue weighted by atomic mass is 32.2. The van der Waals surface area contributed by atoms with Crippen LogP contribution < -0.4 is 26.6 Å². The number of rotatable bonds is 23. The summed E-state index contributed by atoms with van der Waals surface area (Å²) in [4.78, 5) is 49.9. The van der Waals surface area contributed by atoms with Crippen LogP contribution in [0.5, 0.6) is 0 Å². The molecule has 6 fully saturated rings. The first-order chi connectivity index (χ1) is 34.0. The third kappa shape index (κ3) is 18.3. The van der Waals surface area contributed by atoms with Gasteiger partial charge in [-0.25, -0.2) is 9.18 Å². The molecule has 0 bridgehead atoms. The molecule has 6 heterocycles. The molecule has 29 heteroatoms. The van der Waals surface area contributed by atoms with Crippen LogP contribution in [0, 0.1) is 0 Å². The van der Waals surface area contributed by atoms with Gasteiger partial charge in [-0.3, -0.25) is 19.4 Å². The van der Waals surface area contributed by atoms with Crippen LogP contribution in [-0.4, -0.2) is 260 Å². The van der Waals surface area contributed by atoms with Gasteiger partial charge in [-0.2, -0.15) is 11.8 Å². The van der Waals surface area contributed by atoms with E-state index in [1.807, 2.05) is 24.0 Å². The van der Waals surface area contributed by atoms with Crippen LogP contribution in [0.25, 0.3) is 0 Å². The summed E-state index contributed by atoms with van der Waals surface area (Å²) in [6, 6.07) is -2.31. The Labute approximate surface area is 418 Å². The Balaban J connectivity index is 0.000000278. The monoisotopic (exact) mass is 1060 g/mol. The van der Waals surface area contributed by atoms with Gasteiger partial charge in [0.25, 0.3) is 5.91 Å². The molecule has 0 aliphatic carbocycles. The minimum absolute atomic E-state index is 0.0720. The van der Waals surface area contributed by atoms with Crippen molar-refractivity contribution in [1.29, 1.82) is 0 Å². The number of amides is 4. The molecule has 6 saturated heterocycles. The number of hydrogen-bond donors (Lipinski definition) is 15. The third-order valence-corrected chi connectivity index (χ3v) is 14.7. The predicted molar refractivity (Wildman–Crippen MR) is 249 cm³/mol. The summed E-state index contributed by atoms with van der Waals surface area (Å²) in [5.74, 6) is -0.272. The van der Waals surface area contributed by atoms with E-state index in [0.29, 0.717) is 56.0 Å². The quantitative estimate of drug-likeness (QED) is 0.0335. The van der Waals surface area contributed by atoms with Crippen LogP contribution in [0.15, 0.2) is 4.99 Å². The Kier molecular flexibility index (Phi) is 26.8. The molecule has 15 N–H and O–H groups in total. The van der Waals surface area contributed by atoms with Gasteiger partial charge in [0.15, 0.2) is 24.4 Å². The fourth-order valence-corrected chi connectivity index (χ4v) is 11.0. The standard InChI is InChI=1S/C25H43N3O10S.C9H16N2O4S.C8H14FNO6/c1-15(30)26-21-23(33)22(32)18(13-29)38-24(21)37-12-11-36-10-9-35-8-4-6-16(31)5-2-3-7-19-20-17(14-39-19)27-25(34)28-20;1-2-10-9-11-5-7(14)6(13)4(3-12)15-8(5)16-9;9-1-4(12)10-5-7(14)6(13)3(2-11)16-8(5)15/h17-24,29,32-33H,2-14H2,1H3,(H,26,30)(H2,27,28,34);4-8,12-14H,2-3H2,1H3,(H,10,11);3,5-8,11,13-15H,1-2H2,(H,10,12)/t17-,18?,19-,20-,21?,22+,23+,24-;4?,5?,6-,7-,8-;3?,5?,6-,7-,8?/m011/s1. The molecule has 26 nitrogen and oxygen atoms in total. The smallest absolute Gasteiger partial charge is 0.315 e. The van der Waals surface area contributed by atoms with Crippen molar-refractivity contribution in [2.24, 2.45) is 4.99 Å². The van der Waals surface area contributed by atoms with Crippen molar-refractivity contribution in [2.75, 3.05) is 71.8 Å². The number of carbonyl (C=O) groups is 4. The van der Waals surface area contributed by atoms with E-state index in [1.165, 1.54) is 18.7 Å². The number of carbonyl (C=O) groups excluding carboxylic acids is 4. The van der Waals surface area contributed by atoms with Crippen molar-refractivity contribution in [3.05, 3.63) is 0 Å². The summed E-state index contributed by atoms with van der Waals surface area (Å²) in [5.41, 5.74) is -0.305. The number of thioether (sulfide) groups is 2. The van der Waals surface area contributed by atoms with E-state index < -0.39 is 111 Å². The normalized spacial score (nSPS) is 36.7. The lowest BCUT2D eigenvalue weighted by Gasteiger charge is -2.42. The number of nitrogens with one attached hydrogen (secondary N) is 5. The Morgan fingerprint density at radius 3 is 1.99 bits per heavy atom. The number of aliphatic imine (C=N–C) groups is 1. The lowest BCUT2D eigenvalue weighted by Crippen LogP contribution is -2.64. The second-order valence-corrected chi connectivity index (χ2v) is 19.6. The van der Waals surface area contributed by atoms with Gasteiger partial charge in [-0.15, -0.1) is 0 Å². The Morgan fingerprint density at radius 2 is 1.34 bits per heavy atom. The number of ether oxygens (including phenoxy) is 6. The lowest BCUT2D eigenvalue weighted by molar-refractivity contribution is -0.272. The summed E-state index contributed by atoms with van der Waals surface area (Å²) < 4.78 is 44.1. The average molecular weight is 1070 g/mol. The Hall–Kier alpha value is -2.66. The molecule has 6 aliphatic heterocycles. The van der Waals surface area contributed by atoms with Crippen LogP contribution >= 0.6 is 23.5 Å². The Bertz CT molecular complexity index is 1680. The van der Waals surface area contributed by atoms with E-state index in [2.05, 4.69) is 26.3 Å². The second-order valence-electron chi connectivity index (χ2n) is 17.3. The number of urea groups is 1. The maximum Gasteiger partial charge on any atom is 0.315 e. The number of unbranched alkanes of at least 4 members (excludes halogenated alkanes) is 1. The molecule has 71 heavy (non-hydrogen) atoms. The number of Topliss-reactive ketones (excluding diaryl/α,β-unsaturated/α-hetero) is 1. The number of amidine groups is 1. The minimum Gasteiger partial charge on any atom is -0.394 e. The van der Waals surface area contributed by atoms with Gasteiger partial charge in [0.2, 0.25) is 5.91 Å². The maximum absolute atomic E-state index is 12.1. The molecule has 0 aromatic heterocycles. The molecule has 0 aromatic rings. The van der Waals surface area contributed by atoms with Crippen LogP contribution in [-0.2, 0) is 42.8 Å². The van der Waals surface area contributed by atoms with Gasteiger partial charge < -0.3 is 106 Å². The summed E-state index contributed by atoms with van der Waals surface area (Å²) in [6.45, 7) is 2.59. The summed E-state index contributed by atoms with van der Waals surface area (Å²) >= 11 is 3.27. The number of alkyl halides is 1. The molecular formula is C42H73FN6O20S2. The molecule has 6 aliphatic rings. The molecular weight excluding hydrogens is 992 g/mol. The number of aliphatic hydroxyl groups excluding tert-OH is 10. The number of aliphatic hydroxyl groups is 10. The summed E-state index contributed by atoms with van der Waals surface area (Å²) in [5, 5.41) is 110. The van der Waals surface area contributed by atoms with Crippen molar-refractivity contribution in [1.82, 2.24) is 26.6 Å². The number of hydrogen-bond acceptors (Lipinski definition) is 23. The van der Waals surface area contributed by atoms with Crippen molar-refractivity contribution >= 4 is 52.3 Å². The molecule has 0 spiro atoms. The van der Waals surface area contributed by atoms with Gasteiger partial charge in [-0.1, -0.05) is 18.2 Å². The van der Waals surface area contributed by atoms with Gasteiger partial charge in [0, 0.05) is 43.9 Å². The topological polar surface area (TPSA) is 398 Å². The lowest BCUT2D eigenvalue weighted by atomic mass is 9.97. The van der Waals surface area contributed by atoms with Gasteiger partial charge in [0.1, 0.15) is 78.2 Å². The van der Waals surface area contributed by atoms with Crippen molar-refractivity contribution in [2.45, 2.75) is 161 Å². The first-order valence-corrected chi connectivity index (χ1v) is 25.5.